The minimum absolute atomic E-state index is 0. The molecule has 0 radical (unpaired) electrons. The Morgan fingerprint density at radius 3 is 1.27 bits per heavy atom. The van der Waals surface area contributed by atoms with E-state index < -0.39 is 7.92 Å². The van der Waals surface area contributed by atoms with E-state index in [1.807, 2.05) is 14.7 Å². The number of rotatable bonds is 6. The van der Waals surface area contributed by atoms with Crippen LogP contribution >= 0.6 is 7.92 Å². The molecule has 0 spiro atoms. The van der Waals surface area contributed by atoms with Crippen molar-refractivity contribution >= 4 is 35.4 Å². The van der Waals surface area contributed by atoms with Crippen LogP contribution in [0.25, 0.3) is 0 Å². The van der Waals surface area contributed by atoms with Crippen LogP contribution in [0.2, 0.25) is 0 Å². The number of carbonyl (C=O) groups excluding carboxylic acids is 2. The Labute approximate surface area is 232 Å². The maximum atomic E-state index is 12.4. The second-order valence-electron chi connectivity index (χ2n) is 9.22. The Morgan fingerprint density at radius 2 is 0.892 bits per heavy atom. The maximum absolute atomic E-state index is 12.4. The van der Waals surface area contributed by atoms with Crippen molar-refractivity contribution in [3.05, 3.63) is 114 Å². The molecule has 7 rings (SSSR count). The third kappa shape index (κ3) is 5.77. The quantitative estimate of drug-likeness (QED) is 0.190. The van der Waals surface area contributed by atoms with Gasteiger partial charge in [0.1, 0.15) is 11.4 Å². The molecule has 0 N–H and O–H groups in total. The van der Waals surface area contributed by atoms with E-state index in [9.17, 15) is 9.59 Å². The molecule has 3 heterocycles. The first-order chi connectivity index (χ1) is 17.7. The van der Waals surface area contributed by atoms with Gasteiger partial charge in [0.2, 0.25) is 11.6 Å². The van der Waals surface area contributed by atoms with Gasteiger partial charge >= 0.3 is 0 Å². The number of carbonyl (C=O) groups is 2. The number of hydrogen-bond donors (Lipinski definition) is 0. The second kappa shape index (κ2) is 11.1. The van der Waals surface area contributed by atoms with Crippen LogP contribution in [0, 0.1) is 0 Å². The van der Waals surface area contributed by atoms with Crippen molar-refractivity contribution in [3.8, 4) is 0 Å². The van der Waals surface area contributed by atoms with Crippen molar-refractivity contribution in [3.63, 3.8) is 0 Å². The molecule has 37 heavy (non-hydrogen) atoms. The van der Waals surface area contributed by atoms with Crippen LogP contribution in [0.5, 0.6) is 0 Å². The molecule has 4 aliphatic rings. The second-order valence-corrected chi connectivity index (χ2v) is 11.4. The molecule has 1 aliphatic carbocycles. The van der Waals surface area contributed by atoms with Gasteiger partial charge in [0.25, 0.3) is 0 Å². The Morgan fingerprint density at radius 1 is 0.514 bits per heavy atom. The maximum Gasteiger partial charge on any atom is 0.227 e. The summed E-state index contributed by atoms with van der Waals surface area (Å²) in [7, 11) is -0.446. The topological polar surface area (TPSA) is 43.2 Å². The van der Waals surface area contributed by atoms with Crippen molar-refractivity contribution < 1.29 is 29.1 Å². The predicted molar refractivity (Wildman–Crippen MR) is 145 cm³/mol. The third-order valence-electron chi connectivity index (χ3n) is 6.53. The molecule has 0 bridgehead atoms. The molecule has 0 aromatic heterocycles. The monoisotopic (exact) mass is 595 g/mol. The van der Waals surface area contributed by atoms with Crippen LogP contribution in [-0.4, -0.2) is 65.5 Å². The van der Waals surface area contributed by atoms with E-state index in [4.69, 9.17) is 0 Å². The minimum Gasteiger partial charge on any atom is -0.365 e. The average molecular weight is 595 g/mol. The first kappa shape index (κ1) is 25.6. The Kier molecular flexibility index (Phi) is 7.69. The largest absolute Gasteiger partial charge is 0.365 e. The number of allylic oxidation sites excluding steroid dienone is 1. The molecule has 5 nitrogen and oxygen atoms in total. The van der Waals surface area contributed by atoms with Crippen molar-refractivity contribution in [2.24, 2.45) is 0 Å². The van der Waals surface area contributed by atoms with Gasteiger partial charge in [0.05, 0.1) is 5.70 Å². The van der Waals surface area contributed by atoms with E-state index in [2.05, 4.69) is 91.0 Å². The first-order valence-electron chi connectivity index (χ1n) is 12.5. The Bertz CT molecular complexity index is 1240. The number of Topliss-reactive ketones (excluding diaryl/α,β-unsaturated/α-hetero) is 1. The van der Waals surface area contributed by atoms with Gasteiger partial charge in [-0.3, -0.25) is 9.59 Å². The fourth-order valence-electron chi connectivity index (χ4n) is 4.45. The summed E-state index contributed by atoms with van der Waals surface area (Å²) in [4.78, 5) is 30.5. The minimum atomic E-state index is -0.446. The van der Waals surface area contributed by atoms with E-state index >= 15 is 0 Å². The van der Waals surface area contributed by atoms with Gasteiger partial charge in [0, 0.05) is 64.8 Å². The fraction of sp³-hybridized carbons (Fsp3) is 0.200. The smallest absolute Gasteiger partial charge is 0.227 e. The van der Waals surface area contributed by atoms with Gasteiger partial charge in [-0.2, -0.15) is 0 Å². The molecular weight excluding hydrogens is 566 g/mol. The van der Waals surface area contributed by atoms with E-state index in [-0.39, 0.29) is 31.0 Å². The summed E-state index contributed by atoms with van der Waals surface area (Å²) in [6.07, 6.45) is 1.52. The molecule has 3 aromatic rings. The van der Waals surface area contributed by atoms with Crippen molar-refractivity contribution in [1.29, 1.82) is 0 Å². The van der Waals surface area contributed by atoms with Gasteiger partial charge in [0.15, 0.2) is 0 Å². The molecular formula is C30H28N3O2PRu. The standard InChI is InChI=1S/C18H15P.C12H13N3O2.Ru/c1-4-10-16(11-5-1)19(17-12-6-2-7-13-17)18-14-8-3-9-15-18;16-9-7-8(13-1-2-13)12(17)11(15-5-6-15)10(9)14-3-4-14;/h1-15H;7H,1-6H2;. The summed E-state index contributed by atoms with van der Waals surface area (Å²) in [5, 5.41) is 4.19. The van der Waals surface area contributed by atoms with Crippen molar-refractivity contribution in [1.82, 2.24) is 14.7 Å². The average Bonchev–Trinajstić information content (AvgIpc) is 3.77. The van der Waals surface area contributed by atoms with Crippen LogP contribution in [0.4, 0.5) is 0 Å². The number of benzene rings is 3. The van der Waals surface area contributed by atoms with Gasteiger partial charge < -0.3 is 14.7 Å². The van der Waals surface area contributed by atoms with Crippen LogP contribution < -0.4 is 15.9 Å². The zero-order valence-electron chi connectivity index (χ0n) is 20.4. The number of hydrogen-bond acceptors (Lipinski definition) is 5. The molecule has 188 valence electrons. The van der Waals surface area contributed by atoms with Gasteiger partial charge in [-0.1, -0.05) is 91.0 Å². The summed E-state index contributed by atoms with van der Waals surface area (Å²) >= 11 is 0. The zero-order chi connectivity index (χ0) is 24.5. The SMILES string of the molecule is O=C1C=C(N2CC2)C(=O)C(N2CC2)=C1N1CC1.[Ru].c1ccc(P(c2ccccc2)c2ccccc2)cc1. The molecule has 0 atom stereocenters. The van der Waals surface area contributed by atoms with Crippen LogP contribution in [0.1, 0.15) is 0 Å². The van der Waals surface area contributed by atoms with Crippen LogP contribution in [0.15, 0.2) is 114 Å². The van der Waals surface area contributed by atoms with E-state index in [1.165, 1.54) is 22.0 Å². The van der Waals surface area contributed by atoms with Gasteiger partial charge in [-0.05, 0) is 23.8 Å². The predicted octanol–water partition coefficient (Wildman–Crippen LogP) is 2.62. The summed E-state index contributed by atoms with van der Waals surface area (Å²) in [6.45, 7) is 5.41. The summed E-state index contributed by atoms with van der Waals surface area (Å²) < 4.78 is 0. The Balaban J connectivity index is 0.000000148. The Hall–Kier alpha value is -3.07. The van der Waals surface area contributed by atoms with E-state index in [0.29, 0.717) is 17.1 Å². The molecule has 3 saturated heterocycles. The molecule has 0 saturated carbocycles. The molecule has 0 unspecified atom stereocenters. The van der Waals surface area contributed by atoms with Gasteiger partial charge in [-0.15, -0.1) is 0 Å². The molecule has 3 fully saturated rings. The first-order valence-corrected chi connectivity index (χ1v) is 13.8. The normalized spacial score (nSPS) is 17.6. The molecule has 3 aromatic carbocycles. The van der Waals surface area contributed by atoms with Crippen LogP contribution in [0.3, 0.4) is 0 Å². The number of nitrogens with zero attached hydrogens (tertiary/aromatic N) is 3. The fourth-order valence-corrected chi connectivity index (χ4v) is 6.76. The summed E-state index contributed by atoms with van der Waals surface area (Å²) in [5.41, 5.74) is 1.89. The number of ketones is 2. The van der Waals surface area contributed by atoms with E-state index in [1.54, 1.807) is 0 Å². The van der Waals surface area contributed by atoms with Gasteiger partial charge in [-0.25, -0.2) is 0 Å². The zero-order valence-corrected chi connectivity index (χ0v) is 23.1. The molecule has 0 amide bonds. The van der Waals surface area contributed by atoms with Crippen molar-refractivity contribution in [2.75, 3.05) is 39.3 Å². The van der Waals surface area contributed by atoms with Crippen LogP contribution in [-0.2, 0) is 29.1 Å². The van der Waals surface area contributed by atoms with Crippen molar-refractivity contribution in [2.45, 2.75) is 0 Å². The third-order valence-corrected chi connectivity index (χ3v) is 8.97. The summed E-state index contributed by atoms with van der Waals surface area (Å²) in [6, 6.07) is 32.3. The molecule has 7 heteroatoms. The van der Waals surface area contributed by atoms with E-state index in [0.717, 1.165) is 39.3 Å². The summed E-state index contributed by atoms with van der Waals surface area (Å²) in [5.74, 6) is 0.0485. The molecule has 3 aliphatic heterocycles.